The molecule has 0 atom stereocenters. The number of carbonyl (C=O) groups is 2. The van der Waals surface area contributed by atoms with Gasteiger partial charge in [-0.2, -0.15) is 9.61 Å². The quantitative estimate of drug-likeness (QED) is 0.322. The van der Waals surface area contributed by atoms with Gasteiger partial charge in [-0.1, -0.05) is 37.3 Å². The third-order valence-electron chi connectivity index (χ3n) is 7.39. The maximum atomic E-state index is 12.6. The summed E-state index contributed by atoms with van der Waals surface area (Å²) in [6.07, 6.45) is 7.89. The molecule has 5 heterocycles. The van der Waals surface area contributed by atoms with E-state index >= 15 is 0 Å². The minimum atomic E-state index is -0.195. The van der Waals surface area contributed by atoms with E-state index in [0.717, 1.165) is 35.1 Å². The maximum Gasteiger partial charge on any atom is 0.291 e. The van der Waals surface area contributed by atoms with Crippen molar-refractivity contribution in [2.75, 3.05) is 18.8 Å². The number of H-pyrrole nitrogens is 1. The van der Waals surface area contributed by atoms with E-state index in [2.05, 4.69) is 56.5 Å². The minimum Gasteiger partial charge on any atom is -0.383 e. The van der Waals surface area contributed by atoms with Crippen LogP contribution in [0.1, 0.15) is 57.9 Å². The number of hydrogen-bond donors (Lipinski definition) is 2. The summed E-state index contributed by atoms with van der Waals surface area (Å²) in [5.41, 5.74) is 12.8. The molecule has 6 rings (SSSR count). The van der Waals surface area contributed by atoms with Gasteiger partial charge >= 0.3 is 0 Å². The van der Waals surface area contributed by atoms with Crippen molar-refractivity contribution in [3.05, 3.63) is 77.8 Å². The van der Waals surface area contributed by atoms with E-state index in [1.807, 2.05) is 12.1 Å². The van der Waals surface area contributed by atoms with Crippen molar-refractivity contribution in [2.24, 2.45) is 0 Å². The van der Waals surface area contributed by atoms with Gasteiger partial charge in [0.15, 0.2) is 11.9 Å². The van der Waals surface area contributed by atoms with Crippen LogP contribution in [0.3, 0.4) is 0 Å². The molecule has 0 aliphatic carbocycles. The lowest BCUT2D eigenvalue weighted by molar-refractivity contribution is 0.0699. The molecule has 5 aromatic rings. The third-order valence-corrected chi connectivity index (χ3v) is 7.39. The molecule has 1 amide bonds. The number of rotatable bonds is 6. The van der Waals surface area contributed by atoms with Crippen LogP contribution in [0.25, 0.3) is 28.0 Å². The number of nitrogens with one attached hydrogen (secondary N) is 1. The number of piperidine rings is 1. The number of aromatic nitrogens is 7. The molecule has 0 bridgehead atoms. The zero-order valence-corrected chi connectivity index (χ0v) is 21.4. The van der Waals surface area contributed by atoms with E-state index in [9.17, 15) is 9.59 Å². The number of anilines is 1. The molecule has 39 heavy (non-hydrogen) atoms. The molecule has 1 aliphatic rings. The summed E-state index contributed by atoms with van der Waals surface area (Å²) in [6, 6.07) is 12.4. The van der Waals surface area contributed by atoms with Crippen molar-refractivity contribution >= 4 is 23.7 Å². The number of fused-ring (bicyclic) bond motifs is 1. The monoisotopic (exact) mass is 521 g/mol. The second kappa shape index (κ2) is 10.1. The number of nitrogens with zero attached hydrogens (tertiary/aromatic N) is 7. The zero-order valence-electron chi connectivity index (χ0n) is 21.4. The van der Waals surface area contributed by atoms with Crippen molar-refractivity contribution in [3.8, 4) is 22.4 Å². The smallest absolute Gasteiger partial charge is 0.291 e. The maximum absolute atomic E-state index is 12.6. The summed E-state index contributed by atoms with van der Waals surface area (Å²) in [4.78, 5) is 38.8. The first-order valence-corrected chi connectivity index (χ1v) is 12.9. The largest absolute Gasteiger partial charge is 0.383 e. The van der Waals surface area contributed by atoms with Crippen LogP contribution < -0.4 is 5.73 Å². The van der Waals surface area contributed by atoms with Crippen LogP contribution in [-0.2, 0) is 6.42 Å². The molecule has 1 aromatic carbocycles. The predicted molar refractivity (Wildman–Crippen MR) is 145 cm³/mol. The van der Waals surface area contributed by atoms with Gasteiger partial charge in [0.25, 0.3) is 5.91 Å². The number of nitrogen functional groups attached to an aromatic ring is 1. The van der Waals surface area contributed by atoms with E-state index in [0.29, 0.717) is 42.8 Å². The number of nitrogens with two attached hydrogens (primary N) is 1. The first-order valence-electron chi connectivity index (χ1n) is 12.9. The van der Waals surface area contributed by atoms with Crippen molar-refractivity contribution in [1.29, 1.82) is 0 Å². The summed E-state index contributed by atoms with van der Waals surface area (Å²) in [7, 11) is 0. The first kappa shape index (κ1) is 24.4. The Morgan fingerprint density at radius 3 is 2.51 bits per heavy atom. The number of carbonyl (C=O) groups excluding carboxylic acids is 2. The predicted octanol–water partition coefficient (Wildman–Crippen LogP) is 3.55. The fraction of sp³-hybridized carbons (Fsp3) is 0.250. The molecule has 3 N–H and O–H groups in total. The highest BCUT2D eigenvalue weighted by molar-refractivity contribution is 5.90. The van der Waals surface area contributed by atoms with Crippen LogP contribution in [0, 0.1) is 0 Å². The fourth-order valence-corrected chi connectivity index (χ4v) is 5.13. The van der Waals surface area contributed by atoms with Gasteiger partial charge in [-0.15, -0.1) is 10.2 Å². The first-order chi connectivity index (χ1) is 19.1. The lowest BCUT2D eigenvalue weighted by atomic mass is 9.90. The highest BCUT2D eigenvalue weighted by atomic mass is 16.2. The van der Waals surface area contributed by atoms with Crippen LogP contribution in [0.4, 0.5) is 5.82 Å². The molecule has 0 saturated carbocycles. The van der Waals surface area contributed by atoms with Crippen molar-refractivity contribution in [2.45, 2.75) is 32.1 Å². The molecule has 196 valence electrons. The van der Waals surface area contributed by atoms with Gasteiger partial charge in [-0.25, -0.2) is 4.98 Å². The second-order valence-corrected chi connectivity index (χ2v) is 9.59. The van der Waals surface area contributed by atoms with Gasteiger partial charge in [-0.3, -0.25) is 14.6 Å². The van der Waals surface area contributed by atoms with Crippen LogP contribution in [-0.4, -0.2) is 64.9 Å². The molecule has 1 fully saturated rings. The van der Waals surface area contributed by atoms with Gasteiger partial charge in [0.1, 0.15) is 12.1 Å². The van der Waals surface area contributed by atoms with Gasteiger partial charge in [0, 0.05) is 41.9 Å². The Morgan fingerprint density at radius 1 is 1.10 bits per heavy atom. The van der Waals surface area contributed by atoms with E-state index in [-0.39, 0.29) is 23.5 Å². The van der Waals surface area contributed by atoms with Crippen LogP contribution >= 0.6 is 0 Å². The summed E-state index contributed by atoms with van der Waals surface area (Å²) in [5.74, 6) is 0.231. The Bertz CT molecular complexity index is 1630. The minimum absolute atomic E-state index is 0.0365. The standard InChI is InChI=1S/C28H27N9O2/c1-2-17-3-5-18(6-4-17)23-8-7-20(13-30-23)21-14-33-37-25(29)22(15-38)24(34-27(21)37)19-9-11-36(12-10-19)28(39)26-31-16-32-35-26/h3-8,13-16,19H,2,9-12,29H2,1H3,(H,31,32,35). The number of aldehydes is 1. The number of aromatic amines is 1. The van der Waals surface area contributed by atoms with E-state index in [1.54, 1.807) is 17.3 Å². The molecule has 0 spiro atoms. The Labute approximate surface area is 224 Å². The highest BCUT2D eigenvalue weighted by Gasteiger charge is 2.30. The molecular formula is C28H27N9O2. The molecular weight excluding hydrogens is 494 g/mol. The third kappa shape index (κ3) is 4.41. The Balaban J connectivity index is 1.29. The molecule has 0 unspecified atom stereocenters. The number of aryl methyl sites for hydroxylation is 1. The van der Waals surface area contributed by atoms with Crippen molar-refractivity contribution in [3.63, 3.8) is 0 Å². The summed E-state index contributed by atoms with van der Waals surface area (Å²) < 4.78 is 1.50. The molecule has 1 saturated heterocycles. The van der Waals surface area contributed by atoms with E-state index in [4.69, 9.17) is 10.7 Å². The Morgan fingerprint density at radius 2 is 1.87 bits per heavy atom. The topological polar surface area (TPSA) is 148 Å². The average Bonchev–Trinajstić information content (AvgIpc) is 3.68. The zero-order chi connectivity index (χ0) is 26.9. The fourth-order valence-electron chi connectivity index (χ4n) is 5.13. The lowest BCUT2D eigenvalue weighted by Gasteiger charge is -2.31. The normalized spacial score (nSPS) is 14.1. The van der Waals surface area contributed by atoms with Crippen molar-refractivity contribution in [1.82, 2.24) is 39.7 Å². The van der Waals surface area contributed by atoms with E-state index in [1.165, 1.54) is 16.4 Å². The second-order valence-electron chi connectivity index (χ2n) is 9.59. The Hall–Kier alpha value is -4.93. The lowest BCUT2D eigenvalue weighted by Crippen LogP contribution is -2.38. The van der Waals surface area contributed by atoms with Gasteiger partial charge in [0.05, 0.1) is 23.1 Å². The summed E-state index contributed by atoms with van der Waals surface area (Å²) in [5, 5.41) is 11.9. The van der Waals surface area contributed by atoms with E-state index < -0.39 is 0 Å². The number of likely N-dealkylation sites (tertiary alicyclic amines) is 1. The van der Waals surface area contributed by atoms with Gasteiger partial charge in [0.2, 0.25) is 5.82 Å². The number of pyridine rings is 1. The van der Waals surface area contributed by atoms with Crippen LogP contribution in [0.2, 0.25) is 0 Å². The molecule has 11 nitrogen and oxygen atoms in total. The van der Waals surface area contributed by atoms with Crippen molar-refractivity contribution < 1.29 is 9.59 Å². The molecule has 4 aromatic heterocycles. The molecule has 11 heteroatoms. The number of amides is 1. The number of hydrogen-bond acceptors (Lipinski definition) is 8. The van der Waals surface area contributed by atoms with Crippen LogP contribution in [0.15, 0.2) is 55.1 Å². The molecule has 0 radical (unpaired) electrons. The molecule has 1 aliphatic heterocycles. The number of benzene rings is 1. The Kier molecular flexibility index (Phi) is 6.31. The van der Waals surface area contributed by atoms with Gasteiger partial charge in [-0.05, 0) is 30.9 Å². The van der Waals surface area contributed by atoms with Crippen LogP contribution in [0.5, 0.6) is 0 Å². The highest BCUT2D eigenvalue weighted by Crippen LogP contribution is 2.34. The van der Waals surface area contributed by atoms with Gasteiger partial charge < -0.3 is 15.6 Å². The summed E-state index contributed by atoms with van der Waals surface area (Å²) in [6.45, 7) is 3.14. The summed E-state index contributed by atoms with van der Waals surface area (Å²) >= 11 is 0. The SMILES string of the molecule is CCc1ccc(-c2ccc(-c3cnn4c(N)c(C=O)c(C5CCN(C(=O)c6nnc[nH]6)CC5)nc34)cn2)cc1. The average molecular weight is 522 g/mol.